The molecule has 0 saturated carbocycles. The number of rotatable bonds is 3. The van der Waals surface area contributed by atoms with Gasteiger partial charge in [-0.05, 0) is 24.1 Å². The minimum absolute atomic E-state index is 0.0893. The van der Waals surface area contributed by atoms with Crippen LogP contribution >= 0.6 is 0 Å². The van der Waals surface area contributed by atoms with Gasteiger partial charge in [-0.2, -0.15) is 0 Å². The first-order chi connectivity index (χ1) is 6.57. The Kier molecular flexibility index (Phi) is 3.31. The largest absolute Gasteiger partial charge is 0.377 e. The third-order valence-corrected chi connectivity index (χ3v) is 2.37. The SMILES string of the molecule is C=CC(N)c1c(C)cccc1N(C)C. The number of nitrogens with zero attached hydrogens (tertiary/aromatic N) is 1. The summed E-state index contributed by atoms with van der Waals surface area (Å²) in [5.41, 5.74) is 9.52. The summed E-state index contributed by atoms with van der Waals surface area (Å²) in [6.45, 7) is 5.81. The summed E-state index contributed by atoms with van der Waals surface area (Å²) in [4.78, 5) is 2.08. The van der Waals surface area contributed by atoms with Gasteiger partial charge in [-0.3, -0.25) is 0 Å². The average molecular weight is 190 g/mol. The molecule has 0 spiro atoms. The molecule has 2 heteroatoms. The van der Waals surface area contributed by atoms with Gasteiger partial charge >= 0.3 is 0 Å². The molecule has 0 amide bonds. The summed E-state index contributed by atoms with van der Waals surface area (Å²) in [6.07, 6.45) is 1.77. The van der Waals surface area contributed by atoms with E-state index in [1.54, 1.807) is 6.08 Å². The maximum Gasteiger partial charge on any atom is 0.0501 e. The predicted octanol–water partition coefficient (Wildman–Crippen LogP) is 2.25. The van der Waals surface area contributed by atoms with E-state index in [1.807, 2.05) is 20.2 Å². The highest BCUT2D eigenvalue weighted by molar-refractivity contribution is 5.57. The van der Waals surface area contributed by atoms with E-state index in [9.17, 15) is 0 Å². The van der Waals surface area contributed by atoms with Crippen molar-refractivity contribution in [1.82, 2.24) is 0 Å². The van der Waals surface area contributed by atoms with Crippen molar-refractivity contribution in [3.63, 3.8) is 0 Å². The molecule has 76 valence electrons. The van der Waals surface area contributed by atoms with Crippen LogP contribution in [-0.4, -0.2) is 14.1 Å². The standard InChI is InChI=1S/C12H18N2/c1-5-10(13)12-9(2)7-6-8-11(12)14(3)4/h5-8,10H,1,13H2,2-4H3. The second kappa shape index (κ2) is 4.29. The lowest BCUT2D eigenvalue weighted by atomic mass is 9.99. The summed E-state index contributed by atoms with van der Waals surface area (Å²) in [7, 11) is 4.04. The van der Waals surface area contributed by atoms with Crippen molar-refractivity contribution >= 4 is 5.69 Å². The lowest BCUT2D eigenvalue weighted by Gasteiger charge is -2.21. The number of hydrogen-bond acceptors (Lipinski definition) is 2. The van der Waals surface area contributed by atoms with E-state index in [-0.39, 0.29) is 6.04 Å². The number of nitrogens with two attached hydrogens (primary N) is 1. The highest BCUT2D eigenvalue weighted by Crippen LogP contribution is 2.27. The Morgan fingerprint density at radius 2 is 2.07 bits per heavy atom. The van der Waals surface area contributed by atoms with Crippen LogP contribution in [0.5, 0.6) is 0 Å². The van der Waals surface area contributed by atoms with E-state index in [2.05, 4.69) is 30.5 Å². The van der Waals surface area contributed by atoms with E-state index < -0.39 is 0 Å². The Balaban J connectivity index is 3.28. The van der Waals surface area contributed by atoms with Crippen LogP contribution in [0.25, 0.3) is 0 Å². The molecule has 2 N–H and O–H groups in total. The van der Waals surface area contributed by atoms with E-state index >= 15 is 0 Å². The monoisotopic (exact) mass is 190 g/mol. The summed E-state index contributed by atoms with van der Waals surface area (Å²) >= 11 is 0. The molecule has 1 aromatic carbocycles. The lowest BCUT2D eigenvalue weighted by Crippen LogP contribution is -2.17. The van der Waals surface area contributed by atoms with Crippen LogP contribution in [0, 0.1) is 6.92 Å². The molecule has 1 atom stereocenters. The number of benzene rings is 1. The van der Waals surface area contributed by atoms with E-state index in [1.165, 1.54) is 5.56 Å². The fourth-order valence-electron chi connectivity index (χ4n) is 1.61. The number of aryl methyl sites for hydroxylation is 1. The van der Waals surface area contributed by atoms with Crippen molar-refractivity contribution in [2.45, 2.75) is 13.0 Å². The molecule has 1 aromatic rings. The highest BCUT2D eigenvalue weighted by atomic mass is 15.1. The highest BCUT2D eigenvalue weighted by Gasteiger charge is 2.11. The van der Waals surface area contributed by atoms with Crippen LogP contribution in [0.4, 0.5) is 5.69 Å². The van der Waals surface area contributed by atoms with Crippen LogP contribution < -0.4 is 10.6 Å². The maximum atomic E-state index is 5.99. The maximum absolute atomic E-state index is 5.99. The minimum atomic E-state index is -0.0893. The average Bonchev–Trinajstić information content (AvgIpc) is 2.16. The second-order valence-corrected chi connectivity index (χ2v) is 3.66. The van der Waals surface area contributed by atoms with Crippen LogP contribution in [0.3, 0.4) is 0 Å². The van der Waals surface area contributed by atoms with Gasteiger partial charge in [-0.15, -0.1) is 6.58 Å². The molecular weight excluding hydrogens is 172 g/mol. The molecule has 1 unspecified atom stereocenters. The molecule has 0 aliphatic carbocycles. The number of anilines is 1. The van der Waals surface area contributed by atoms with Crippen molar-refractivity contribution in [1.29, 1.82) is 0 Å². The first-order valence-corrected chi connectivity index (χ1v) is 4.73. The fraction of sp³-hybridized carbons (Fsp3) is 0.333. The second-order valence-electron chi connectivity index (χ2n) is 3.66. The molecular formula is C12H18N2. The predicted molar refractivity (Wildman–Crippen MR) is 62.6 cm³/mol. The molecule has 0 saturated heterocycles. The summed E-state index contributed by atoms with van der Waals surface area (Å²) < 4.78 is 0. The van der Waals surface area contributed by atoms with Crippen LogP contribution in [0.2, 0.25) is 0 Å². The number of hydrogen-bond donors (Lipinski definition) is 1. The third kappa shape index (κ3) is 1.96. The molecule has 0 fully saturated rings. The smallest absolute Gasteiger partial charge is 0.0501 e. The molecule has 0 heterocycles. The van der Waals surface area contributed by atoms with Gasteiger partial charge in [0.05, 0.1) is 6.04 Å². The fourth-order valence-corrected chi connectivity index (χ4v) is 1.61. The van der Waals surface area contributed by atoms with Gasteiger partial charge in [0.1, 0.15) is 0 Å². The zero-order valence-electron chi connectivity index (χ0n) is 9.12. The summed E-state index contributed by atoms with van der Waals surface area (Å²) in [5, 5.41) is 0. The molecule has 0 bridgehead atoms. The van der Waals surface area contributed by atoms with Gasteiger partial charge in [-0.1, -0.05) is 18.2 Å². The van der Waals surface area contributed by atoms with E-state index in [4.69, 9.17) is 5.73 Å². The van der Waals surface area contributed by atoms with Crippen LogP contribution in [0.1, 0.15) is 17.2 Å². The van der Waals surface area contributed by atoms with Crippen molar-refractivity contribution in [3.8, 4) is 0 Å². The molecule has 0 aromatic heterocycles. The first kappa shape index (κ1) is 10.8. The molecule has 0 aliphatic heterocycles. The Bertz CT molecular complexity index is 329. The topological polar surface area (TPSA) is 29.3 Å². The van der Waals surface area contributed by atoms with Gasteiger partial charge < -0.3 is 10.6 Å². The summed E-state index contributed by atoms with van der Waals surface area (Å²) in [5.74, 6) is 0. The van der Waals surface area contributed by atoms with Gasteiger partial charge in [0, 0.05) is 19.8 Å². The van der Waals surface area contributed by atoms with Crippen LogP contribution in [0.15, 0.2) is 30.9 Å². The zero-order valence-corrected chi connectivity index (χ0v) is 9.12. The normalized spacial score (nSPS) is 12.3. The van der Waals surface area contributed by atoms with Gasteiger partial charge in [0.15, 0.2) is 0 Å². The third-order valence-electron chi connectivity index (χ3n) is 2.37. The van der Waals surface area contributed by atoms with Crippen molar-refractivity contribution in [2.75, 3.05) is 19.0 Å². The van der Waals surface area contributed by atoms with Crippen molar-refractivity contribution in [2.24, 2.45) is 5.73 Å². The molecule has 0 aliphatic rings. The summed E-state index contributed by atoms with van der Waals surface area (Å²) in [6, 6.07) is 6.11. The molecule has 14 heavy (non-hydrogen) atoms. The molecule has 2 nitrogen and oxygen atoms in total. The Morgan fingerprint density at radius 1 is 1.43 bits per heavy atom. The molecule has 0 radical (unpaired) electrons. The lowest BCUT2D eigenvalue weighted by molar-refractivity contribution is 0.891. The van der Waals surface area contributed by atoms with Gasteiger partial charge in [-0.25, -0.2) is 0 Å². The minimum Gasteiger partial charge on any atom is -0.377 e. The first-order valence-electron chi connectivity index (χ1n) is 4.73. The molecule has 1 rings (SSSR count). The van der Waals surface area contributed by atoms with Gasteiger partial charge in [0.25, 0.3) is 0 Å². The van der Waals surface area contributed by atoms with Gasteiger partial charge in [0.2, 0.25) is 0 Å². The van der Waals surface area contributed by atoms with Crippen molar-refractivity contribution < 1.29 is 0 Å². The van der Waals surface area contributed by atoms with E-state index in [0.29, 0.717) is 0 Å². The Labute approximate surface area is 86.0 Å². The van der Waals surface area contributed by atoms with Crippen molar-refractivity contribution in [3.05, 3.63) is 42.0 Å². The quantitative estimate of drug-likeness (QED) is 0.741. The Morgan fingerprint density at radius 3 is 2.57 bits per heavy atom. The van der Waals surface area contributed by atoms with Crippen LogP contribution in [-0.2, 0) is 0 Å². The van der Waals surface area contributed by atoms with E-state index in [0.717, 1.165) is 11.3 Å². The zero-order chi connectivity index (χ0) is 10.7. The Hall–Kier alpha value is -1.28.